The minimum Gasteiger partial charge on any atom is -0.310 e. The first kappa shape index (κ1) is 22.6. The number of anilines is 3. The van der Waals surface area contributed by atoms with Crippen LogP contribution in [0.2, 0.25) is 0 Å². The Morgan fingerprint density at radius 2 is 1.28 bits per heavy atom. The van der Waals surface area contributed by atoms with Crippen molar-refractivity contribution in [3.63, 3.8) is 0 Å². The van der Waals surface area contributed by atoms with Crippen molar-refractivity contribution in [2.45, 2.75) is 19.3 Å². The third-order valence-electron chi connectivity index (χ3n) is 8.44. The van der Waals surface area contributed by atoms with Crippen molar-refractivity contribution in [1.29, 1.82) is 0 Å². The normalized spacial score (nSPS) is 13.6. The summed E-state index contributed by atoms with van der Waals surface area (Å²) in [5.41, 5.74) is 9.03. The molecule has 0 N–H and O–H groups in total. The molecule has 1 aliphatic rings. The number of rotatable bonds is 3. The number of thiophene rings is 1. The predicted molar refractivity (Wildman–Crippen MR) is 169 cm³/mol. The van der Waals surface area contributed by atoms with E-state index in [0.29, 0.717) is 0 Å². The smallest absolute Gasteiger partial charge is 0.0540 e. The van der Waals surface area contributed by atoms with Gasteiger partial charge in [-0.2, -0.15) is 0 Å². The summed E-state index contributed by atoms with van der Waals surface area (Å²) in [7, 11) is 0. The molecule has 39 heavy (non-hydrogen) atoms. The second-order valence-corrected chi connectivity index (χ2v) is 12.1. The van der Waals surface area contributed by atoms with Crippen LogP contribution in [-0.4, -0.2) is 0 Å². The standard InChI is InChI=1S/C37H27NS/c1-37(2)32-16-8-6-14-27(32)31-21-24-11-10-17-34(30(24)23-33(31)37)38(25-12-4-3-5-13-25)26-19-20-29-28-15-7-9-18-35(28)39-36(29)22-26/h3-23H,1-2H3. The zero-order valence-electron chi connectivity index (χ0n) is 22.0. The van der Waals surface area contributed by atoms with E-state index in [-0.39, 0.29) is 5.41 Å². The second kappa shape index (κ2) is 8.30. The van der Waals surface area contributed by atoms with Gasteiger partial charge in [0.15, 0.2) is 0 Å². The van der Waals surface area contributed by atoms with Crippen LogP contribution in [0.4, 0.5) is 17.1 Å². The van der Waals surface area contributed by atoms with Crippen molar-refractivity contribution in [3.8, 4) is 11.1 Å². The maximum absolute atomic E-state index is 2.45. The summed E-state index contributed by atoms with van der Waals surface area (Å²) in [5.74, 6) is 0. The van der Waals surface area contributed by atoms with Crippen LogP contribution in [0, 0.1) is 0 Å². The first-order chi connectivity index (χ1) is 19.1. The lowest BCUT2D eigenvalue weighted by molar-refractivity contribution is 0.661. The molecule has 8 rings (SSSR count). The van der Waals surface area contributed by atoms with Crippen molar-refractivity contribution in [3.05, 3.63) is 139 Å². The summed E-state index contributed by atoms with van der Waals surface area (Å²) in [5, 5.41) is 5.19. The van der Waals surface area contributed by atoms with E-state index in [1.165, 1.54) is 64.6 Å². The highest BCUT2D eigenvalue weighted by atomic mass is 32.1. The summed E-state index contributed by atoms with van der Waals surface area (Å²) in [6.45, 7) is 4.72. The monoisotopic (exact) mass is 517 g/mol. The fourth-order valence-corrected chi connectivity index (χ4v) is 7.65. The predicted octanol–water partition coefficient (Wildman–Crippen LogP) is 11.0. The Bertz CT molecular complexity index is 2050. The van der Waals surface area contributed by atoms with Crippen molar-refractivity contribution < 1.29 is 0 Å². The molecular weight excluding hydrogens is 490 g/mol. The van der Waals surface area contributed by atoms with Crippen LogP contribution >= 0.6 is 11.3 Å². The maximum Gasteiger partial charge on any atom is 0.0540 e. The molecule has 0 radical (unpaired) electrons. The first-order valence-corrected chi connectivity index (χ1v) is 14.3. The van der Waals surface area contributed by atoms with Crippen molar-refractivity contribution >= 4 is 59.3 Å². The summed E-state index contributed by atoms with van der Waals surface area (Å²) in [6, 6.07) is 46.9. The van der Waals surface area contributed by atoms with Gasteiger partial charge >= 0.3 is 0 Å². The third-order valence-corrected chi connectivity index (χ3v) is 9.57. The van der Waals surface area contributed by atoms with Gasteiger partial charge in [0, 0.05) is 42.3 Å². The lowest BCUT2D eigenvalue weighted by Gasteiger charge is -2.28. The van der Waals surface area contributed by atoms with Gasteiger partial charge in [0.25, 0.3) is 0 Å². The summed E-state index contributed by atoms with van der Waals surface area (Å²) < 4.78 is 2.64. The number of hydrogen-bond donors (Lipinski definition) is 0. The Hall–Kier alpha value is -4.40. The molecule has 0 atom stereocenters. The molecule has 7 aromatic rings. The molecule has 1 heterocycles. The molecule has 1 nitrogen and oxygen atoms in total. The maximum atomic E-state index is 2.45. The lowest BCUT2D eigenvalue weighted by atomic mass is 9.82. The van der Waals surface area contributed by atoms with Crippen LogP contribution < -0.4 is 4.90 Å². The fourth-order valence-electron chi connectivity index (χ4n) is 6.51. The van der Waals surface area contributed by atoms with Crippen molar-refractivity contribution in [1.82, 2.24) is 0 Å². The zero-order chi connectivity index (χ0) is 26.1. The van der Waals surface area contributed by atoms with E-state index in [4.69, 9.17) is 0 Å². The summed E-state index contributed by atoms with van der Waals surface area (Å²) >= 11 is 1.87. The Balaban J connectivity index is 1.38. The van der Waals surface area contributed by atoms with Crippen LogP contribution in [0.3, 0.4) is 0 Å². The molecule has 1 aromatic heterocycles. The Morgan fingerprint density at radius 3 is 2.18 bits per heavy atom. The molecule has 0 fully saturated rings. The SMILES string of the molecule is CC1(C)c2ccccc2-c2cc3cccc(N(c4ccccc4)c4ccc5c(c4)sc4ccccc45)c3cc21. The van der Waals surface area contributed by atoms with Crippen molar-refractivity contribution in [2.75, 3.05) is 4.90 Å². The number of para-hydroxylation sites is 1. The van der Waals surface area contributed by atoms with Gasteiger partial charge in [0.1, 0.15) is 0 Å². The van der Waals surface area contributed by atoms with Crippen LogP contribution in [0.25, 0.3) is 42.1 Å². The Labute approximate surface area is 232 Å². The van der Waals surface area contributed by atoms with E-state index >= 15 is 0 Å². The molecule has 2 heteroatoms. The third kappa shape index (κ3) is 3.32. The number of fused-ring (bicyclic) bond motifs is 7. The molecule has 186 valence electrons. The fraction of sp³-hybridized carbons (Fsp3) is 0.0811. The first-order valence-electron chi connectivity index (χ1n) is 13.5. The van der Waals surface area contributed by atoms with E-state index in [1.807, 2.05) is 11.3 Å². The number of hydrogen-bond acceptors (Lipinski definition) is 2. The highest BCUT2D eigenvalue weighted by Crippen LogP contribution is 2.51. The van der Waals surface area contributed by atoms with Crippen LogP contribution in [0.15, 0.2) is 127 Å². The van der Waals surface area contributed by atoms with E-state index in [9.17, 15) is 0 Å². The Kier molecular flexibility index (Phi) is 4.80. The highest BCUT2D eigenvalue weighted by Gasteiger charge is 2.35. The number of benzene rings is 6. The molecular formula is C37H27NS. The van der Waals surface area contributed by atoms with E-state index < -0.39 is 0 Å². The average molecular weight is 518 g/mol. The quantitative estimate of drug-likeness (QED) is 0.225. The van der Waals surface area contributed by atoms with Crippen LogP contribution in [-0.2, 0) is 5.41 Å². The van der Waals surface area contributed by atoms with Gasteiger partial charge in [0.05, 0.1) is 5.69 Å². The zero-order valence-corrected chi connectivity index (χ0v) is 22.8. The van der Waals surface area contributed by atoms with Gasteiger partial charge in [-0.3, -0.25) is 0 Å². The second-order valence-electron chi connectivity index (χ2n) is 11.0. The van der Waals surface area contributed by atoms with Crippen molar-refractivity contribution in [2.24, 2.45) is 0 Å². The van der Waals surface area contributed by atoms with E-state index in [1.54, 1.807) is 0 Å². The molecule has 0 bridgehead atoms. The van der Waals surface area contributed by atoms with Gasteiger partial charge in [-0.15, -0.1) is 11.3 Å². The average Bonchev–Trinajstić information content (AvgIpc) is 3.45. The largest absolute Gasteiger partial charge is 0.310 e. The molecule has 0 saturated heterocycles. The molecule has 6 aromatic carbocycles. The lowest BCUT2D eigenvalue weighted by Crippen LogP contribution is -2.15. The highest BCUT2D eigenvalue weighted by molar-refractivity contribution is 7.25. The summed E-state index contributed by atoms with van der Waals surface area (Å²) in [4.78, 5) is 2.42. The minimum absolute atomic E-state index is 0.0409. The molecule has 0 saturated carbocycles. The van der Waals surface area contributed by atoms with E-state index in [0.717, 1.165) is 5.69 Å². The molecule has 0 unspecified atom stereocenters. The van der Waals surface area contributed by atoms with Gasteiger partial charge in [0.2, 0.25) is 0 Å². The Morgan fingerprint density at radius 1 is 0.513 bits per heavy atom. The van der Waals surface area contributed by atoms with Gasteiger partial charge in [-0.25, -0.2) is 0 Å². The molecule has 0 spiro atoms. The van der Waals surface area contributed by atoms with Gasteiger partial charge < -0.3 is 4.90 Å². The topological polar surface area (TPSA) is 3.24 Å². The van der Waals surface area contributed by atoms with Gasteiger partial charge in [-0.1, -0.05) is 92.7 Å². The minimum atomic E-state index is -0.0409. The summed E-state index contributed by atoms with van der Waals surface area (Å²) in [6.07, 6.45) is 0. The number of nitrogens with zero attached hydrogens (tertiary/aromatic N) is 1. The molecule has 0 aliphatic heterocycles. The van der Waals surface area contributed by atoms with Gasteiger partial charge in [-0.05, 0) is 76.2 Å². The molecule has 0 amide bonds. The molecule has 1 aliphatic carbocycles. The van der Waals surface area contributed by atoms with Crippen LogP contribution in [0.5, 0.6) is 0 Å². The van der Waals surface area contributed by atoms with E-state index in [2.05, 4.69) is 146 Å². The van der Waals surface area contributed by atoms with Crippen LogP contribution in [0.1, 0.15) is 25.0 Å².